The maximum absolute atomic E-state index is 5.15. The summed E-state index contributed by atoms with van der Waals surface area (Å²) < 4.78 is 5.15. The van der Waals surface area contributed by atoms with Crippen molar-refractivity contribution in [3.8, 4) is 17.6 Å². The number of unbranched alkanes of at least 4 members (excludes halogenated alkanes) is 2. The van der Waals surface area contributed by atoms with Crippen LogP contribution in [0, 0.1) is 23.7 Å². The Morgan fingerprint density at radius 3 is 2.40 bits per heavy atom. The van der Waals surface area contributed by atoms with E-state index in [1.807, 2.05) is 42.5 Å². The van der Waals surface area contributed by atoms with Crippen molar-refractivity contribution in [2.45, 2.75) is 58.3 Å². The van der Waals surface area contributed by atoms with E-state index in [0.29, 0.717) is 0 Å². The van der Waals surface area contributed by atoms with Gasteiger partial charge in [-0.15, -0.1) is 0 Å². The molecule has 134 valence electrons. The summed E-state index contributed by atoms with van der Waals surface area (Å²) in [7, 11) is 1.68. The van der Waals surface area contributed by atoms with E-state index in [2.05, 4.69) is 24.8 Å². The van der Waals surface area contributed by atoms with E-state index < -0.39 is 0 Å². The molecular formula is C24H32O. The molecule has 0 heterocycles. The van der Waals surface area contributed by atoms with Gasteiger partial charge in [0, 0.05) is 0 Å². The zero-order valence-electron chi connectivity index (χ0n) is 15.8. The maximum Gasteiger partial charge on any atom is 0.118 e. The van der Waals surface area contributed by atoms with Crippen LogP contribution >= 0.6 is 0 Å². The van der Waals surface area contributed by atoms with Crippen LogP contribution in [-0.2, 0) is 0 Å². The maximum atomic E-state index is 5.15. The highest BCUT2D eigenvalue weighted by Crippen LogP contribution is 2.32. The zero-order chi connectivity index (χ0) is 17.7. The Balaban J connectivity index is 1.68. The fourth-order valence-corrected chi connectivity index (χ4v) is 3.49. The Morgan fingerprint density at radius 2 is 1.72 bits per heavy atom. The van der Waals surface area contributed by atoms with Gasteiger partial charge in [0.05, 0.1) is 7.11 Å². The van der Waals surface area contributed by atoms with Crippen LogP contribution in [0.4, 0.5) is 0 Å². The number of allylic oxidation sites excluding steroid dienone is 3. The quantitative estimate of drug-likeness (QED) is 0.400. The molecule has 0 aromatic heterocycles. The van der Waals surface area contributed by atoms with Gasteiger partial charge in [-0.1, -0.05) is 62.7 Å². The van der Waals surface area contributed by atoms with Crippen LogP contribution in [0.5, 0.6) is 5.75 Å². The topological polar surface area (TPSA) is 9.23 Å². The Hall–Kier alpha value is -1.94. The molecule has 0 bridgehead atoms. The van der Waals surface area contributed by atoms with Gasteiger partial charge in [0.15, 0.2) is 0 Å². The first-order chi connectivity index (χ1) is 12.3. The van der Waals surface area contributed by atoms with Crippen molar-refractivity contribution in [1.82, 2.24) is 0 Å². The summed E-state index contributed by atoms with van der Waals surface area (Å²) in [6, 6.07) is 7.99. The molecular weight excluding hydrogens is 304 g/mol. The van der Waals surface area contributed by atoms with E-state index in [0.717, 1.165) is 23.1 Å². The second kappa shape index (κ2) is 11.6. The molecule has 1 aliphatic rings. The molecule has 0 N–H and O–H groups in total. The highest BCUT2D eigenvalue weighted by molar-refractivity contribution is 5.54. The van der Waals surface area contributed by atoms with Crippen molar-refractivity contribution in [2.24, 2.45) is 11.8 Å². The first-order valence-electron chi connectivity index (χ1n) is 9.80. The van der Waals surface area contributed by atoms with Crippen molar-refractivity contribution in [2.75, 3.05) is 7.11 Å². The summed E-state index contributed by atoms with van der Waals surface area (Å²) in [4.78, 5) is 0. The van der Waals surface area contributed by atoms with Gasteiger partial charge in [-0.3, -0.25) is 0 Å². The normalized spacial score (nSPS) is 20.6. The number of hydrogen-bond acceptors (Lipinski definition) is 1. The molecule has 2 rings (SSSR count). The van der Waals surface area contributed by atoms with Gasteiger partial charge < -0.3 is 4.74 Å². The van der Waals surface area contributed by atoms with E-state index in [1.165, 1.54) is 51.4 Å². The summed E-state index contributed by atoms with van der Waals surface area (Å²) in [6.45, 7) is 2.29. The smallest absolute Gasteiger partial charge is 0.118 e. The third-order valence-corrected chi connectivity index (χ3v) is 5.12. The monoisotopic (exact) mass is 336 g/mol. The van der Waals surface area contributed by atoms with Crippen LogP contribution in [0.15, 0.2) is 42.5 Å². The second-order valence-corrected chi connectivity index (χ2v) is 7.03. The highest BCUT2D eigenvalue weighted by atomic mass is 16.5. The SMILES string of the molecule is CCCCCC1CCC(C=CC#CC=Cc2ccc(OC)cc2)CC1. The Kier molecular flexibility index (Phi) is 8.98. The van der Waals surface area contributed by atoms with Crippen molar-refractivity contribution in [3.63, 3.8) is 0 Å². The Bertz CT molecular complexity index is 589. The third-order valence-electron chi connectivity index (χ3n) is 5.12. The van der Waals surface area contributed by atoms with Crippen LogP contribution in [0.25, 0.3) is 6.08 Å². The van der Waals surface area contributed by atoms with Gasteiger partial charge in [0.2, 0.25) is 0 Å². The third kappa shape index (κ3) is 7.65. The Labute approximate surface area is 154 Å². The molecule has 1 aromatic carbocycles. The standard InChI is InChI=1S/C24H32O/c1-3-4-7-10-21-13-15-22(16-14-21)11-8-5-6-9-12-23-17-19-24(25-2)20-18-23/h8-9,11-12,17-22H,3-4,7,10,13-16H2,1-2H3. The van der Waals surface area contributed by atoms with Gasteiger partial charge in [-0.2, -0.15) is 0 Å². The molecule has 0 unspecified atom stereocenters. The second-order valence-electron chi connectivity index (χ2n) is 7.03. The lowest BCUT2D eigenvalue weighted by molar-refractivity contribution is 0.289. The van der Waals surface area contributed by atoms with Gasteiger partial charge in [-0.05, 0) is 73.4 Å². The first-order valence-corrected chi connectivity index (χ1v) is 9.80. The lowest BCUT2D eigenvalue weighted by Crippen LogP contribution is -2.12. The molecule has 1 fully saturated rings. The minimum atomic E-state index is 0.738. The molecule has 0 saturated heterocycles. The molecule has 25 heavy (non-hydrogen) atoms. The predicted molar refractivity (Wildman–Crippen MR) is 109 cm³/mol. The predicted octanol–water partition coefficient (Wildman–Crippen LogP) is 6.65. The summed E-state index contributed by atoms with van der Waals surface area (Å²) >= 11 is 0. The van der Waals surface area contributed by atoms with Crippen LogP contribution < -0.4 is 4.74 Å². The van der Waals surface area contributed by atoms with Crippen molar-refractivity contribution < 1.29 is 4.74 Å². The summed E-state index contributed by atoms with van der Waals surface area (Å²) in [5.41, 5.74) is 1.14. The van der Waals surface area contributed by atoms with Crippen molar-refractivity contribution in [3.05, 3.63) is 48.1 Å². The molecule has 1 aliphatic carbocycles. The number of methoxy groups -OCH3 is 1. The Morgan fingerprint density at radius 1 is 1.00 bits per heavy atom. The summed E-state index contributed by atoms with van der Waals surface area (Å²) in [6.07, 6.45) is 19.4. The summed E-state index contributed by atoms with van der Waals surface area (Å²) in [5, 5.41) is 0. The van der Waals surface area contributed by atoms with Gasteiger partial charge in [0.25, 0.3) is 0 Å². The average Bonchev–Trinajstić information content (AvgIpc) is 2.66. The largest absolute Gasteiger partial charge is 0.497 e. The molecule has 1 heteroatoms. The zero-order valence-corrected chi connectivity index (χ0v) is 15.8. The number of rotatable bonds is 7. The number of benzene rings is 1. The van der Waals surface area contributed by atoms with E-state index >= 15 is 0 Å². The van der Waals surface area contributed by atoms with Crippen LogP contribution in [0.2, 0.25) is 0 Å². The molecule has 0 amide bonds. The molecule has 1 saturated carbocycles. The van der Waals surface area contributed by atoms with E-state index in [-0.39, 0.29) is 0 Å². The van der Waals surface area contributed by atoms with Crippen LogP contribution in [-0.4, -0.2) is 7.11 Å². The molecule has 0 radical (unpaired) electrons. The van der Waals surface area contributed by atoms with Crippen LogP contribution in [0.1, 0.15) is 63.9 Å². The summed E-state index contributed by atoms with van der Waals surface area (Å²) in [5.74, 6) is 8.83. The lowest BCUT2D eigenvalue weighted by atomic mass is 9.79. The minimum Gasteiger partial charge on any atom is -0.497 e. The van der Waals surface area contributed by atoms with Crippen molar-refractivity contribution in [1.29, 1.82) is 0 Å². The minimum absolute atomic E-state index is 0.738. The highest BCUT2D eigenvalue weighted by Gasteiger charge is 2.18. The van der Waals surface area contributed by atoms with E-state index in [9.17, 15) is 0 Å². The fraction of sp³-hybridized carbons (Fsp3) is 0.500. The number of hydrogen-bond donors (Lipinski definition) is 0. The van der Waals surface area contributed by atoms with E-state index in [1.54, 1.807) is 7.11 Å². The number of ether oxygens (including phenoxy) is 1. The molecule has 0 spiro atoms. The lowest BCUT2D eigenvalue weighted by Gasteiger charge is -2.26. The fourth-order valence-electron chi connectivity index (χ4n) is 3.49. The first kappa shape index (κ1) is 19.4. The molecule has 1 nitrogen and oxygen atoms in total. The van der Waals surface area contributed by atoms with Gasteiger partial charge in [0.1, 0.15) is 5.75 Å². The molecule has 1 aromatic rings. The van der Waals surface area contributed by atoms with Crippen molar-refractivity contribution >= 4 is 6.08 Å². The van der Waals surface area contributed by atoms with Gasteiger partial charge in [-0.25, -0.2) is 0 Å². The molecule has 0 aliphatic heterocycles. The van der Waals surface area contributed by atoms with Crippen LogP contribution in [0.3, 0.4) is 0 Å². The van der Waals surface area contributed by atoms with Gasteiger partial charge >= 0.3 is 0 Å². The average molecular weight is 337 g/mol. The van der Waals surface area contributed by atoms with E-state index in [4.69, 9.17) is 4.74 Å². The molecule has 0 atom stereocenters.